The van der Waals surface area contributed by atoms with Crippen LogP contribution in [0.2, 0.25) is 5.02 Å². The van der Waals surface area contributed by atoms with E-state index in [4.69, 9.17) is 16.1 Å². The Kier molecular flexibility index (Phi) is 5.39. The number of benzene rings is 1. The summed E-state index contributed by atoms with van der Waals surface area (Å²) in [5.74, 6) is 2.15. The molecule has 1 aliphatic carbocycles. The molecule has 0 aliphatic heterocycles. The Hall–Kier alpha value is -0.910. The van der Waals surface area contributed by atoms with Crippen LogP contribution in [0.15, 0.2) is 32.5 Å². The fraction of sp³-hybridized carbons (Fsp3) is 0.412. The van der Waals surface area contributed by atoms with Crippen molar-refractivity contribution < 1.29 is 9.32 Å². The van der Waals surface area contributed by atoms with E-state index in [-0.39, 0.29) is 5.78 Å². The number of ketones is 1. The van der Waals surface area contributed by atoms with Crippen molar-refractivity contribution in [2.45, 2.75) is 41.9 Å². The second-order valence-corrected chi connectivity index (χ2v) is 7.85. The number of rotatable bonds is 7. The SMILES string of the molecule is CCCSc1c(Cl)ccc(C(=O)c2cc(C3CC3)on2)c1SC. The normalized spacial score (nSPS) is 14.2. The van der Waals surface area contributed by atoms with Crippen LogP contribution in [0.3, 0.4) is 0 Å². The molecule has 0 radical (unpaired) electrons. The first-order chi connectivity index (χ1) is 11.2. The van der Waals surface area contributed by atoms with Crippen LogP contribution in [0.4, 0.5) is 0 Å². The highest BCUT2D eigenvalue weighted by atomic mass is 35.5. The topological polar surface area (TPSA) is 43.1 Å². The molecule has 1 aromatic carbocycles. The minimum Gasteiger partial charge on any atom is -0.360 e. The highest BCUT2D eigenvalue weighted by Gasteiger charge is 2.29. The second kappa shape index (κ2) is 7.32. The van der Waals surface area contributed by atoms with E-state index in [1.165, 1.54) is 0 Å². The van der Waals surface area contributed by atoms with E-state index in [9.17, 15) is 4.79 Å². The molecule has 1 saturated carbocycles. The van der Waals surface area contributed by atoms with Gasteiger partial charge in [-0.25, -0.2) is 0 Å². The third-order valence-corrected chi connectivity index (χ3v) is 6.42. The van der Waals surface area contributed by atoms with Gasteiger partial charge in [0.25, 0.3) is 0 Å². The van der Waals surface area contributed by atoms with Gasteiger partial charge in [-0.2, -0.15) is 0 Å². The average molecular weight is 368 g/mol. The zero-order valence-corrected chi connectivity index (χ0v) is 15.5. The standard InChI is InChI=1S/C17H18ClNO2S2/c1-3-8-23-17-12(18)7-6-11(16(17)22-2)15(20)13-9-14(21-19-13)10-4-5-10/h6-7,9-10H,3-5,8H2,1-2H3. The van der Waals surface area contributed by atoms with Gasteiger partial charge in [-0.05, 0) is 43.4 Å². The van der Waals surface area contributed by atoms with E-state index in [0.717, 1.165) is 40.6 Å². The molecule has 0 amide bonds. The molecule has 6 heteroatoms. The summed E-state index contributed by atoms with van der Waals surface area (Å²) in [5.41, 5.74) is 1.03. The minimum atomic E-state index is -0.0972. The van der Waals surface area contributed by atoms with Gasteiger partial charge in [0.1, 0.15) is 5.76 Å². The number of nitrogens with zero attached hydrogens (tertiary/aromatic N) is 1. The molecule has 1 aliphatic rings. The smallest absolute Gasteiger partial charge is 0.216 e. The zero-order chi connectivity index (χ0) is 16.4. The molecule has 3 nitrogen and oxygen atoms in total. The Morgan fingerprint density at radius 1 is 1.39 bits per heavy atom. The first-order valence-corrected chi connectivity index (χ1v) is 10.2. The van der Waals surface area contributed by atoms with Crippen molar-refractivity contribution in [1.82, 2.24) is 5.16 Å². The fourth-order valence-electron chi connectivity index (χ4n) is 2.35. The first-order valence-electron chi connectivity index (χ1n) is 7.66. The molecular weight excluding hydrogens is 350 g/mol. The summed E-state index contributed by atoms with van der Waals surface area (Å²) >= 11 is 9.59. The third kappa shape index (κ3) is 3.62. The molecular formula is C17H18ClNO2S2. The summed E-state index contributed by atoms with van der Waals surface area (Å²) in [5, 5.41) is 4.67. The number of aromatic nitrogens is 1. The van der Waals surface area contributed by atoms with E-state index < -0.39 is 0 Å². The van der Waals surface area contributed by atoms with Gasteiger partial charge in [-0.3, -0.25) is 4.79 Å². The van der Waals surface area contributed by atoms with Gasteiger partial charge in [0, 0.05) is 27.3 Å². The summed E-state index contributed by atoms with van der Waals surface area (Å²) in [7, 11) is 0. The zero-order valence-electron chi connectivity index (χ0n) is 13.1. The molecule has 2 aromatic rings. The van der Waals surface area contributed by atoms with Gasteiger partial charge in [-0.15, -0.1) is 23.5 Å². The lowest BCUT2D eigenvalue weighted by Crippen LogP contribution is -2.04. The molecule has 1 aromatic heterocycles. The molecule has 3 rings (SSSR count). The quantitative estimate of drug-likeness (QED) is 0.466. The summed E-state index contributed by atoms with van der Waals surface area (Å²) in [6, 6.07) is 5.38. The van der Waals surface area contributed by atoms with Crippen LogP contribution in [-0.4, -0.2) is 22.9 Å². The van der Waals surface area contributed by atoms with E-state index >= 15 is 0 Å². The lowest BCUT2D eigenvalue weighted by atomic mass is 10.1. The Balaban J connectivity index is 1.95. The van der Waals surface area contributed by atoms with Crippen molar-refractivity contribution in [2.24, 2.45) is 0 Å². The average Bonchev–Trinajstić information content (AvgIpc) is 3.30. The molecule has 0 spiro atoms. The maximum absolute atomic E-state index is 12.8. The molecule has 0 bridgehead atoms. The molecule has 0 saturated heterocycles. The van der Waals surface area contributed by atoms with Crippen molar-refractivity contribution in [3.05, 3.63) is 40.2 Å². The summed E-state index contributed by atoms with van der Waals surface area (Å²) in [6.45, 7) is 2.13. The maximum Gasteiger partial charge on any atom is 0.216 e. The van der Waals surface area contributed by atoms with Crippen molar-refractivity contribution >= 4 is 40.9 Å². The Morgan fingerprint density at radius 2 is 2.17 bits per heavy atom. The van der Waals surface area contributed by atoms with Crippen LogP contribution in [0.25, 0.3) is 0 Å². The van der Waals surface area contributed by atoms with Crippen LogP contribution in [-0.2, 0) is 0 Å². The number of hydrogen-bond acceptors (Lipinski definition) is 5. The fourth-order valence-corrected chi connectivity index (χ4v) is 4.69. The second-order valence-electron chi connectivity index (χ2n) is 5.52. The monoisotopic (exact) mass is 367 g/mol. The summed E-state index contributed by atoms with van der Waals surface area (Å²) < 4.78 is 5.31. The van der Waals surface area contributed by atoms with Gasteiger partial charge >= 0.3 is 0 Å². The number of carbonyl (C=O) groups excluding carboxylic acids is 1. The van der Waals surface area contributed by atoms with Gasteiger partial charge < -0.3 is 4.52 Å². The van der Waals surface area contributed by atoms with Crippen LogP contribution >= 0.6 is 35.1 Å². The highest BCUT2D eigenvalue weighted by Crippen LogP contribution is 2.41. The maximum atomic E-state index is 12.8. The van der Waals surface area contributed by atoms with Gasteiger partial charge in [0.15, 0.2) is 5.69 Å². The Bertz CT molecular complexity index is 725. The number of thioether (sulfide) groups is 2. The van der Waals surface area contributed by atoms with Crippen molar-refractivity contribution in [3.63, 3.8) is 0 Å². The molecule has 23 heavy (non-hydrogen) atoms. The van der Waals surface area contributed by atoms with Crippen molar-refractivity contribution in [3.8, 4) is 0 Å². The van der Waals surface area contributed by atoms with Gasteiger partial charge in [0.2, 0.25) is 5.78 Å². The van der Waals surface area contributed by atoms with Gasteiger partial charge in [-0.1, -0.05) is 23.7 Å². The first kappa shape index (κ1) is 16.9. The molecule has 0 atom stereocenters. The minimum absolute atomic E-state index is 0.0972. The molecule has 1 heterocycles. The molecule has 122 valence electrons. The molecule has 0 unspecified atom stereocenters. The summed E-state index contributed by atoms with van der Waals surface area (Å²) in [6.07, 6.45) is 5.27. The van der Waals surface area contributed by atoms with E-state index in [1.807, 2.05) is 6.26 Å². The number of carbonyl (C=O) groups is 1. The molecule has 0 N–H and O–H groups in total. The number of hydrogen-bond donors (Lipinski definition) is 0. The van der Waals surface area contributed by atoms with Crippen LogP contribution in [0.5, 0.6) is 0 Å². The van der Waals surface area contributed by atoms with E-state index in [1.54, 1.807) is 41.7 Å². The lowest BCUT2D eigenvalue weighted by Gasteiger charge is -2.12. The Morgan fingerprint density at radius 3 is 2.83 bits per heavy atom. The predicted molar refractivity (Wildman–Crippen MR) is 96.2 cm³/mol. The van der Waals surface area contributed by atoms with Crippen molar-refractivity contribution in [1.29, 1.82) is 0 Å². The third-order valence-electron chi connectivity index (χ3n) is 3.70. The summed E-state index contributed by atoms with van der Waals surface area (Å²) in [4.78, 5) is 14.7. The van der Waals surface area contributed by atoms with Gasteiger partial charge in [0.05, 0.1) is 5.02 Å². The van der Waals surface area contributed by atoms with E-state index in [2.05, 4.69) is 12.1 Å². The number of halogens is 1. The van der Waals surface area contributed by atoms with E-state index in [0.29, 0.717) is 22.2 Å². The van der Waals surface area contributed by atoms with Crippen LogP contribution in [0, 0.1) is 0 Å². The highest BCUT2D eigenvalue weighted by molar-refractivity contribution is 8.02. The largest absolute Gasteiger partial charge is 0.360 e. The van der Waals surface area contributed by atoms with Crippen LogP contribution < -0.4 is 0 Å². The predicted octanol–water partition coefficient (Wildman–Crippen LogP) is 5.66. The lowest BCUT2D eigenvalue weighted by molar-refractivity contribution is 0.102. The van der Waals surface area contributed by atoms with Crippen molar-refractivity contribution in [2.75, 3.05) is 12.0 Å². The van der Waals surface area contributed by atoms with Crippen LogP contribution in [0.1, 0.15) is 53.9 Å². The molecule has 1 fully saturated rings. The Labute approximate surface area is 149 Å².